The lowest BCUT2D eigenvalue weighted by Crippen LogP contribution is -2.10. The Bertz CT molecular complexity index is 2990. The van der Waals surface area contributed by atoms with Gasteiger partial charge < -0.3 is 4.74 Å². The van der Waals surface area contributed by atoms with Crippen molar-refractivity contribution in [2.45, 2.75) is 203 Å². The van der Waals surface area contributed by atoms with Crippen LogP contribution < -0.4 is 4.74 Å². The standard InChI is InChI=1S/C12H17Cl.C12H15F3.C12H18O.C11H14Cl2.C11H15Cl.C11H15F.C11H16/c1-9-5-6-10(11(13)7-9)8-12(2,3)4;1-11(2,3)8-9-4-6-10(7-5-9)12(13,14)15;1-12(2,3)9-10-5-7-11(13-4)8-6-10;1-11(2,3)7-8-4-5-9(12)10(13)6-8;2*1-11(2,3)8-9-4-6-10(12)7-5-9;1-11(2,3)9-10-7-5-4-6-8-10/h5-7H,8H2,1-4H3;4-7H,8H2,1-3H3;5-8H,9H2,1-4H3;4-6H,7H2,1-3H3;2*4-7H,8H2,1-3H3;4-8H,9H2,1-3H3. The smallest absolute Gasteiger partial charge is 0.416 e. The minimum Gasteiger partial charge on any atom is -0.497 e. The van der Waals surface area contributed by atoms with Crippen molar-refractivity contribution in [1.29, 1.82) is 0 Å². The van der Waals surface area contributed by atoms with Gasteiger partial charge in [0, 0.05) is 10.0 Å². The van der Waals surface area contributed by atoms with Crippen molar-refractivity contribution < 1.29 is 22.3 Å². The summed E-state index contributed by atoms with van der Waals surface area (Å²) in [5.41, 5.74) is 11.5. The van der Waals surface area contributed by atoms with Gasteiger partial charge in [-0.1, -0.05) is 289 Å². The highest BCUT2D eigenvalue weighted by Gasteiger charge is 2.30. The number of halogens is 8. The molecule has 7 aromatic carbocycles. The fraction of sp³-hybridized carbons (Fsp3) is 0.475. The third-order valence-corrected chi connectivity index (χ3v) is 13.8. The van der Waals surface area contributed by atoms with Gasteiger partial charge in [-0.2, -0.15) is 13.2 Å². The Labute approximate surface area is 559 Å². The van der Waals surface area contributed by atoms with Crippen LogP contribution in [0.15, 0.2) is 164 Å². The first kappa shape index (κ1) is 82.2. The molecule has 89 heavy (non-hydrogen) atoms. The van der Waals surface area contributed by atoms with Gasteiger partial charge in [0.25, 0.3) is 0 Å². The first-order chi connectivity index (χ1) is 40.5. The molecular formula is C80H110Cl4F4O. The number of hydrogen-bond acceptors (Lipinski definition) is 1. The molecule has 1 nitrogen and oxygen atoms in total. The summed E-state index contributed by atoms with van der Waals surface area (Å²) in [5.74, 6) is 0.769. The molecule has 7 rings (SSSR count). The minimum absolute atomic E-state index is 0.0970. The first-order valence-electron chi connectivity index (χ1n) is 31.0. The highest BCUT2D eigenvalue weighted by molar-refractivity contribution is 6.42. The lowest BCUT2D eigenvalue weighted by atomic mass is 9.88. The summed E-state index contributed by atoms with van der Waals surface area (Å²) in [5, 5.41) is 2.98. The summed E-state index contributed by atoms with van der Waals surface area (Å²) in [4.78, 5) is 0. The Hall–Kier alpha value is -4.78. The highest BCUT2D eigenvalue weighted by atomic mass is 35.5. The van der Waals surface area contributed by atoms with Crippen LogP contribution >= 0.6 is 46.4 Å². The molecule has 0 unspecified atom stereocenters. The second-order valence-electron chi connectivity index (χ2n) is 31.8. The number of methoxy groups -OCH3 is 1. The largest absolute Gasteiger partial charge is 0.497 e. The third-order valence-electron chi connectivity index (χ3n) is 12.4. The van der Waals surface area contributed by atoms with Gasteiger partial charge in [0.15, 0.2) is 0 Å². The van der Waals surface area contributed by atoms with E-state index in [2.05, 4.69) is 219 Å². The van der Waals surface area contributed by atoms with E-state index in [4.69, 9.17) is 51.1 Å². The predicted molar refractivity (Wildman–Crippen MR) is 383 cm³/mol. The lowest BCUT2D eigenvalue weighted by Gasteiger charge is -2.19. The molecule has 0 radical (unpaired) electrons. The van der Waals surface area contributed by atoms with E-state index in [1.165, 1.54) is 51.1 Å². The fourth-order valence-corrected chi connectivity index (χ4v) is 9.79. The van der Waals surface area contributed by atoms with Crippen molar-refractivity contribution in [2.75, 3.05) is 7.11 Å². The highest BCUT2D eigenvalue weighted by Crippen LogP contribution is 2.32. The van der Waals surface area contributed by atoms with E-state index in [1.54, 1.807) is 19.2 Å². The maximum Gasteiger partial charge on any atom is 0.416 e. The molecule has 0 aromatic heterocycles. The van der Waals surface area contributed by atoms with E-state index < -0.39 is 11.7 Å². The van der Waals surface area contributed by atoms with Crippen molar-refractivity contribution in [2.24, 2.45) is 37.9 Å². The van der Waals surface area contributed by atoms with E-state index in [9.17, 15) is 17.6 Å². The monoisotopic (exact) mass is 1300 g/mol. The molecule has 9 heteroatoms. The zero-order chi connectivity index (χ0) is 68.4. The van der Waals surface area contributed by atoms with Crippen LogP contribution in [0.3, 0.4) is 0 Å². The molecule has 0 aliphatic rings. The molecule has 0 N–H and O–H groups in total. The lowest BCUT2D eigenvalue weighted by molar-refractivity contribution is -0.137. The van der Waals surface area contributed by atoms with Gasteiger partial charge in [0.1, 0.15) is 11.6 Å². The Balaban J connectivity index is 0.000000520. The maximum atomic E-state index is 12.5. The molecule has 0 fully saturated rings. The molecule has 492 valence electrons. The van der Waals surface area contributed by atoms with Gasteiger partial charge in [-0.25, -0.2) is 4.39 Å². The van der Waals surface area contributed by atoms with Gasteiger partial charge in [0.2, 0.25) is 0 Å². The van der Waals surface area contributed by atoms with Gasteiger partial charge in [-0.15, -0.1) is 0 Å². The zero-order valence-corrected chi connectivity index (χ0v) is 61.5. The predicted octanol–water partition coefficient (Wildman–Crippen LogP) is 27.0. The van der Waals surface area contributed by atoms with Crippen LogP contribution in [0.4, 0.5) is 17.6 Å². The number of hydrogen-bond donors (Lipinski definition) is 0. The Kier molecular flexibility index (Phi) is 34.2. The fourth-order valence-electron chi connectivity index (χ4n) is 9.05. The summed E-state index contributed by atoms with van der Waals surface area (Å²) in [6.07, 6.45) is 2.96. The van der Waals surface area contributed by atoms with Crippen LogP contribution in [0.5, 0.6) is 5.75 Å². The average molecular weight is 1310 g/mol. The molecule has 0 atom stereocenters. The second-order valence-corrected chi connectivity index (χ2v) is 33.4. The van der Waals surface area contributed by atoms with Crippen molar-refractivity contribution in [3.05, 3.63) is 240 Å². The van der Waals surface area contributed by atoms with Crippen molar-refractivity contribution in [3.63, 3.8) is 0 Å². The van der Waals surface area contributed by atoms with Crippen LogP contribution in [0.2, 0.25) is 20.1 Å². The molecule has 0 aliphatic carbocycles. The quantitative estimate of drug-likeness (QED) is 0.138. The molecule has 0 saturated heterocycles. The van der Waals surface area contributed by atoms with E-state index in [-0.39, 0.29) is 22.1 Å². The minimum atomic E-state index is -4.24. The molecule has 0 amide bonds. The van der Waals surface area contributed by atoms with E-state index in [0.29, 0.717) is 31.7 Å². The Morgan fingerprint density at radius 1 is 0.326 bits per heavy atom. The first-order valence-corrected chi connectivity index (χ1v) is 32.5. The molecule has 7 aromatic rings. The summed E-state index contributed by atoms with van der Waals surface area (Å²) >= 11 is 23.6. The molecule has 0 bridgehead atoms. The normalized spacial score (nSPS) is 11.9. The van der Waals surface area contributed by atoms with Crippen LogP contribution in [0.25, 0.3) is 0 Å². The molecule has 0 spiro atoms. The average Bonchev–Trinajstić information content (AvgIpc) is 2.37. The van der Waals surface area contributed by atoms with Crippen LogP contribution in [-0.4, -0.2) is 7.11 Å². The van der Waals surface area contributed by atoms with Gasteiger partial charge >= 0.3 is 6.18 Å². The van der Waals surface area contributed by atoms with Gasteiger partial charge in [-0.05, 0) is 201 Å². The van der Waals surface area contributed by atoms with E-state index in [0.717, 1.165) is 78.4 Å². The topological polar surface area (TPSA) is 9.23 Å². The molecule has 0 aliphatic heterocycles. The van der Waals surface area contributed by atoms with Crippen molar-refractivity contribution in [1.82, 2.24) is 0 Å². The third kappa shape index (κ3) is 43.6. The number of ether oxygens (including phenoxy) is 1. The summed E-state index contributed by atoms with van der Waals surface area (Å²) in [7, 11) is 1.69. The molecule has 0 saturated carbocycles. The van der Waals surface area contributed by atoms with Crippen molar-refractivity contribution in [3.8, 4) is 5.75 Å². The van der Waals surface area contributed by atoms with Crippen LogP contribution in [0.1, 0.15) is 195 Å². The molecule has 0 heterocycles. The number of benzene rings is 7. The van der Waals surface area contributed by atoms with Crippen molar-refractivity contribution >= 4 is 46.4 Å². The van der Waals surface area contributed by atoms with Gasteiger partial charge in [0.05, 0.1) is 22.7 Å². The summed E-state index contributed by atoms with van der Waals surface area (Å²) < 4.78 is 54.4. The zero-order valence-electron chi connectivity index (χ0n) is 58.5. The molecular weight excluding hydrogens is 1190 g/mol. The summed E-state index contributed by atoms with van der Waals surface area (Å²) in [6, 6.07) is 51.2. The second kappa shape index (κ2) is 37.1. The number of aryl methyl sites for hydroxylation is 1. The Morgan fingerprint density at radius 3 is 0.989 bits per heavy atom. The van der Waals surface area contributed by atoms with E-state index in [1.807, 2.05) is 60.7 Å². The SMILES string of the molecule is CC(C)(C)Cc1ccc(C(F)(F)F)cc1.CC(C)(C)Cc1ccc(Cl)c(Cl)c1.CC(C)(C)Cc1ccc(Cl)cc1.CC(C)(C)Cc1ccc(F)cc1.CC(C)(C)Cc1ccccc1.COc1ccc(CC(C)(C)C)cc1.Cc1ccc(CC(C)(C)C)c(Cl)c1. The van der Waals surface area contributed by atoms with Crippen LogP contribution in [0, 0.1) is 50.6 Å². The van der Waals surface area contributed by atoms with Gasteiger partial charge in [-0.3, -0.25) is 0 Å². The number of alkyl halides is 3. The van der Waals surface area contributed by atoms with Crippen LogP contribution in [-0.2, 0) is 51.1 Å². The van der Waals surface area contributed by atoms with E-state index >= 15 is 0 Å². The Morgan fingerprint density at radius 2 is 0.652 bits per heavy atom. The maximum absolute atomic E-state index is 12.5. The number of rotatable bonds is 8. The summed E-state index contributed by atoms with van der Waals surface area (Å²) in [6.45, 7) is 48.3.